The number of amides is 2. The molecule has 1 atom stereocenters. The van der Waals surface area contributed by atoms with E-state index in [0.717, 1.165) is 0 Å². The molecule has 0 bridgehead atoms. The van der Waals surface area contributed by atoms with Gasteiger partial charge in [0.1, 0.15) is 0 Å². The summed E-state index contributed by atoms with van der Waals surface area (Å²) in [6.45, 7) is 4.17. The zero-order valence-corrected chi connectivity index (χ0v) is 19.9. The minimum atomic E-state index is -3.82. The molecule has 12 heteroatoms. The van der Waals surface area contributed by atoms with Crippen molar-refractivity contribution in [3.05, 3.63) is 59.7 Å². The van der Waals surface area contributed by atoms with Crippen LogP contribution in [0, 0.1) is 0 Å². The smallest absolute Gasteiger partial charge is 0.251 e. The maximum absolute atomic E-state index is 13.0. The maximum Gasteiger partial charge on any atom is 0.251 e. The SMILES string of the molecule is CC(=O)N1CCN(S(=O)(=O)c2cccc(C(=O)N[C@H](C)c3ccc(S(N)(=O)=O)cc3)c2)CC1. The number of nitrogens with one attached hydrogen (secondary N) is 1. The lowest BCUT2D eigenvalue weighted by molar-refractivity contribution is -0.129. The summed E-state index contributed by atoms with van der Waals surface area (Å²) >= 11 is 0. The molecule has 1 saturated heterocycles. The average molecular weight is 495 g/mol. The van der Waals surface area contributed by atoms with Crippen molar-refractivity contribution in [1.29, 1.82) is 0 Å². The Labute approximate surface area is 193 Å². The Morgan fingerprint density at radius 1 is 0.939 bits per heavy atom. The van der Waals surface area contributed by atoms with Crippen LogP contribution in [0.2, 0.25) is 0 Å². The second-order valence-corrected chi connectivity index (χ2v) is 11.2. The first kappa shape index (κ1) is 24.8. The number of rotatable bonds is 6. The fourth-order valence-electron chi connectivity index (χ4n) is 3.50. The Morgan fingerprint density at radius 3 is 2.09 bits per heavy atom. The highest BCUT2D eigenvalue weighted by molar-refractivity contribution is 7.89. The molecule has 0 aromatic heterocycles. The molecule has 0 saturated carbocycles. The number of hydrogen-bond acceptors (Lipinski definition) is 6. The van der Waals surface area contributed by atoms with Gasteiger partial charge in [0.05, 0.1) is 15.8 Å². The molecule has 1 aliphatic heterocycles. The van der Waals surface area contributed by atoms with Crippen LogP contribution < -0.4 is 10.5 Å². The van der Waals surface area contributed by atoms with Crippen molar-refractivity contribution in [2.75, 3.05) is 26.2 Å². The van der Waals surface area contributed by atoms with Crippen molar-refractivity contribution in [3.8, 4) is 0 Å². The molecule has 2 amide bonds. The quantitative estimate of drug-likeness (QED) is 0.604. The molecule has 0 spiro atoms. The lowest BCUT2D eigenvalue weighted by Crippen LogP contribution is -2.49. The number of nitrogens with zero attached hydrogens (tertiary/aromatic N) is 2. The van der Waals surface area contributed by atoms with E-state index in [1.165, 1.54) is 47.6 Å². The molecule has 178 valence electrons. The number of carbonyl (C=O) groups is 2. The van der Waals surface area contributed by atoms with E-state index in [1.54, 1.807) is 24.0 Å². The van der Waals surface area contributed by atoms with Gasteiger partial charge in [-0.3, -0.25) is 9.59 Å². The van der Waals surface area contributed by atoms with Crippen LogP contribution in [0.1, 0.15) is 35.8 Å². The largest absolute Gasteiger partial charge is 0.346 e. The van der Waals surface area contributed by atoms with Gasteiger partial charge in [-0.25, -0.2) is 22.0 Å². The van der Waals surface area contributed by atoms with Crippen molar-refractivity contribution in [3.63, 3.8) is 0 Å². The Bertz CT molecular complexity index is 1250. The van der Waals surface area contributed by atoms with Gasteiger partial charge in [-0.1, -0.05) is 18.2 Å². The van der Waals surface area contributed by atoms with Gasteiger partial charge < -0.3 is 10.2 Å². The van der Waals surface area contributed by atoms with Crippen molar-refractivity contribution in [2.45, 2.75) is 29.7 Å². The van der Waals surface area contributed by atoms with Gasteiger partial charge in [0, 0.05) is 38.7 Å². The number of piperazine rings is 1. The van der Waals surface area contributed by atoms with Crippen molar-refractivity contribution in [1.82, 2.24) is 14.5 Å². The first-order valence-electron chi connectivity index (χ1n) is 10.2. The highest BCUT2D eigenvalue weighted by Gasteiger charge is 2.29. The van der Waals surface area contributed by atoms with Crippen molar-refractivity contribution < 1.29 is 26.4 Å². The van der Waals surface area contributed by atoms with E-state index in [-0.39, 0.29) is 34.4 Å². The highest BCUT2D eigenvalue weighted by atomic mass is 32.2. The van der Waals surface area contributed by atoms with Crippen LogP contribution in [0.5, 0.6) is 0 Å². The molecule has 0 unspecified atom stereocenters. The monoisotopic (exact) mass is 494 g/mol. The Hall–Kier alpha value is -2.80. The standard InChI is InChI=1S/C21H26N4O6S2/c1-15(17-6-8-19(9-7-17)32(22,28)29)23-21(27)18-4-3-5-20(14-18)33(30,31)25-12-10-24(11-13-25)16(2)26/h3-9,14-15H,10-13H2,1-2H3,(H,23,27)(H2,22,28,29)/t15-/m1/s1. The molecule has 33 heavy (non-hydrogen) atoms. The minimum absolute atomic E-state index is 0.00316. The van der Waals surface area contributed by atoms with E-state index in [1.807, 2.05) is 0 Å². The molecule has 1 fully saturated rings. The molecule has 3 N–H and O–H groups in total. The predicted molar refractivity (Wildman–Crippen MR) is 121 cm³/mol. The third kappa shape index (κ3) is 5.77. The summed E-state index contributed by atoms with van der Waals surface area (Å²) < 4.78 is 50.1. The van der Waals surface area contributed by atoms with E-state index in [0.29, 0.717) is 18.7 Å². The number of benzene rings is 2. The minimum Gasteiger partial charge on any atom is -0.346 e. The molecule has 3 rings (SSSR count). The third-order valence-electron chi connectivity index (χ3n) is 5.47. The topological polar surface area (TPSA) is 147 Å². The maximum atomic E-state index is 13.0. The van der Waals surface area contributed by atoms with Crippen LogP contribution in [-0.2, 0) is 24.8 Å². The lowest BCUT2D eigenvalue weighted by atomic mass is 10.1. The molecule has 2 aromatic rings. The zero-order valence-electron chi connectivity index (χ0n) is 18.3. The number of primary sulfonamides is 1. The van der Waals surface area contributed by atoms with E-state index in [4.69, 9.17) is 5.14 Å². The Balaban J connectivity index is 1.72. The molecule has 0 aliphatic carbocycles. The summed E-state index contributed by atoms with van der Waals surface area (Å²) in [5, 5.41) is 7.87. The van der Waals surface area contributed by atoms with E-state index in [9.17, 15) is 26.4 Å². The third-order valence-corrected chi connectivity index (χ3v) is 8.30. The molecular formula is C21H26N4O6S2. The molecule has 1 heterocycles. The van der Waals surface area contributed by atoms with Gasteiger partial charge in [-0.05, 0) is 42.8 Å². The van der Waals surface area contributed by atoms with Crippen LogP contribution in [-0.4, -0.2) is 64.0 Å². The fraction of sp³-hybridized carbons (Fsp3) is 0.333. The average Bonchev–Trinajstić information content (AvgIpc) is 2.78. The summed E-state index contributed by atoms with van der Waals surface area (Å²) in [6, 6.07) is 11.1. The van der Waals surface area contributed by atoms with Crippen molar-refractivity contribution in [2.24, 2.45) is 5.14 Å². The highest BCUT2D eigenvalue weighted by Crippen LogP contribution is 2.20. The van der Waals surface area contributed by atoms with E-state index >= 15 is 0 Å². The fourth-order valence-corrected chi connectivity index (χ4v) is 5.48. The second-order valence-electron chi connectivity index (χ2n) is 7.75. The second kappa shape index (κ2) is 9.59. The Kier molecular flexibility index (Phi) is 7.22. The van der Waals surface area contributed by atoms with Gasteiger partial charge in [-0.15, -0.1) is 0 Å². The predicted octanol–water partition coefficient (Wildman–Crippen LogP) is 0.678. The number of sulfonamides is 2. The number of hydrogen-bond donors (Lipinski definition) is 2. The first-order valence-corrected chi connectivity index (χ1v) is 13.2. The van der Waals surface area contributed by atoms with Gasteiger partial charge >= 0.3 is 0 Å². The van der Waals surface area contributed by atoms with E-state index < -0.39 is 32.0 Å². The Morgan fingerprint density at radius 2 is 1.55 bits per heavy atom. The molecule has 1 aliphatic rings. The van der Waals surface area contributed by atoms with Crippen molar-refractivity contribution >= 4 is 31.9 Å². The summed E-state index contributed by atoms with van der Waals surface area (Å²) in [6.07, 6.45) is 0. The zero-order chi connectivity index (χ0) is 24.4. The summed E-state index contributed by atoms with van der Waals surface area (Å²) in [5.41, 5.74) is 0.828. The molecule has 10 nitrogen and oxygen atoms in total. The van der Waals surface area contributed by atoms with Crippen LogP contribution in [0.3, 0.4) is 0 Å². The van der Waals surface area contributed by atoms with Crippen LogP contribution in [0.25, 0.3) is 0 Å². The molecule has 2 aromatic carbocycles. The molecular weight excluding hydrogens is 468 g/mol. The summed E-state index contributed by atoms with van der Waals surface area (Å²) in [7, 11) is -7.63. The van der Waals surface area contributed by atoms with Gasteiger partial charge in [-0.2, -0.15) is 4.31 Å². The first-order chi connectivity index (χ1) is 15.4. The van der Waals surface area contributed by atoms with Gasteiger partial charge in [0.15, 0.2) is 0 Å². The summed E-state index contributed by atoms with van der Waals surface area (Å²) in [5.74, 6) is -0.574. The van der Waals surface area contributed by atoms with E-state index in [2.05, 4.69) is 5.32 Å². The lowest BCUT2D eigenvalue weighted by Gasteiger charge is -2.33. The number of carbonyl (C=O) groups excluding carboxylic acids is 2. The van der Waals surface area contributed by atoms with Crippen LogP contribution >= 0.6 is 0 Å². The van der Waals surface area contributed by atoms with Gasteiger partial charge in [0.2, 0.25) is 26.0 Å². The normalized spacial score (nSPS) is 16.3. The van der Waals surface area contributed by atoms with Crippen LogP contribution in [0.15, 0.2) is 58.3 Å². The van der Waals surface area contributed by atoms with Crippen LogP contribution in [0.4, 0.5) is 0 Å². The number of nitrogens with two attached hydrogens (primary N) is 1. The molecule has 0 radical (unpaired) electrons. The van der Waals surface area contributed by atoms with Gasteiger partial charge in [0.25, 0.3) is 5.91 Å². The summed E-state index contributed by atoms with van der Waals surface area (Å²) in [4.78, 5) is 25.8.